The van der Waals surface area contributed by atoms with Gasteiger partial charge in [-0.25, -0.2) is 0 Å². The Labute approximate surface area is 215 Å². The number of amides is 1. The smallest absolute Gasteiger partial charge is 0.270 e. The minimum absolute atomic E-state index is 0.0666. The first-order valence-electron chi connectivity index (χ1n) is 10.7. The highest BCUT2D eigenvalue weighted by molar-refractivity contribution is 8.27. The Morgan fingerprint density at radius 3 is 2.60 bits per heavy atom. The van der Waals surface area contributed by atoms with E-state index in [-0.39, 0.29) is 11.6 Å². The summed E-state index contributed by atoms with van der Waals surface area (Å²) in [4.78, 5) is 27.1. The maximum Gasteiger partial charge on any atom is 0.270 e. The third kappa shape index (κ3) is 4.62. The number of anilines is 1. The van der Waals surface area contributed by atoms with E-state index in [0.29, 0.717) is 15.8 Å². The van der Waals surface area contributed by atoms with Gasteiger partial charge in [-0.05, 0) is 42.2 Å². The molecule has 6 nitrogen and oxygen atoms in total. The van der Waals surface area contributed by atoms with Gasteiger partial charge in [-0.2, -0.15) is 0 Å². The van der Waals surface area contributed by atoms with Gasteiger partial charge in [0.2, 0.25) is 0 Å². The fourth-order valence-corrected chi connectivity index (χ4v) is 5.77. The molecule has 5 rings (SSSR count). The van der Waals surface area contributed by atoms with Crippen LogP contribution in [0.1, 0.15) is 11.1 Å². The van der Waals surface area contributed by atoms with Crippen molar-refractivity contribution in [1.29, 1.82) is 0 Å². The molecule has 0 saturated carbocycles. The summed E-state index contributed by atoms with van der Waals surface area (Å²) in [5.74, 6) is -0.134. The lowest BCUT2D eigenvalue weighted by molar-refractivity contribution is -0.384. The second-order valence-electron chi connectivity index (χ2n) is 7.87. The molecule has 0 atom stereocenters. The van der Waals surface area contributed by atoms with Crippen molar-refractivity contribution in [2.45, 2.75) is 11.4 Å². The van der Waals surface area contributed by atoms with Gasteiger partial charge in [-0.3, -0.25) is 19.8 Å². The average molecular weight is 518 g/mol. The van der Waals surface area contributed by atoms with E-state index in [1.54, 1.807) is 28.8 Å². The fraction of sp³-hybridized carbons (Fsp3) is 0.0769. The van der Waals surface area contributed by atoms with Gasteiger partial charge in [0.1, 0.15) is 0 Å². The first-order chi connectivity index (χ1) is 16.9. The molecule has 174 valence electrons. The van der Waals surface area contributed by atoms with Gasteiger partial charge in [0.15, 0.2) is 4.32 Å². The third-order valence-corrected chi connectivity index (χ3v) is 7.74. The predicted molar refractivity (Wildman–Crippen MR) is 148 cm³/mol. The molecule has 0 radical (unpaired) electrons. The molecule has 2 heterocycles. The average Bonchev–Trinajstić information content (AvgIpc) is 3.35. The quantitative estimate of drug-likeness (QED) is 0.0929. The van der Waals surface area contributed by atoms with E-state index >= 15 is 0 Å². The zero-order chi connectivity index (χ0) is 24.5. The van der Waals surface area contributed by atoms with E-state index in [2.05, 4.69) is 4.57 Å². The molecule has 1 aliphatic heterocycles. The maximum absolute atomic E-state index is 13.3. The van der Waals surface area contributed by atoms with Crippen LogP contribution in [-0.4, -0.2) is 26.0 Å². The van der Waals surface area contributed by atoms with Crippen LogP contribution in [-0.2, 0) is 11.3 Å². The van der Waals surface area contributed by atoms with Gasteiger partial charge < -0.3 is 4.57 Å². The lowest BCUT2D eigenvalue weighted by Gasteiger charge is -2.15. The number of nitro groups is 1. The van der Waals surface area contributed by atoms with E-state index in [9.17, 15) is 14.9 Å². The zero-order valence-corrected chi connectivity index (χ0v) is 21.0. The van der Waals surface area contributed by atoms with E-state index in [1.807, 2.05) is 67.1 Å². The highest BCUT2D eigenvalue weighted by Gasteiger charge is 2.33. The molecule has 0 bridgehead atoms. The number of carbonyl (C=O) groups is 1. The van der Waals surface area contributed by atoms with Crippen LogP contribution in [0.3, 0.4) is 0 Å². The van der Waals surface area contributed by atoms with Gasteiger partial charge in [0.25, 0.3) is 11.6 Å². The number of hydrogen-bond acceptors (Lipinski definition) is 6. The van der Waals surface area contributed by atoms with E-state index in [4.69, 9.17) is 12.2 Å². The summed E-state index contributed by atoms with van der Waals surface area (Å²) < 4.78 is 2.60. The van der Waals surface area contributed by atoms with Crippen molar-refractivity contribution < 1.29 is 9.72 Å². The van der Waals surface area contributed by atoms with Crippen molar-refractivity contribution in [1.82, 2.24) is 4.57 Å². The molecular weight excluding hydrogens is 499 g/mol. The van der Waals surface area contributed by atoms with Crippen LogP contribution in [0.5, 0.6) is 0 Å². The van der Waals surface area contributed by atoms with Crippen LogP contribution < -0.4 is 4.90 Å². The second-order valence-corrected chi connectivity index (χ2v) is 10.4. The molecule has 1 fully saturated rings. The number of benzene rings is 3. The zero-order valence-electron chi connectivity index (χ0n) is 18.6. The van der Waals surface area contributed by atoms with Gasteiger partial charge in [-0.1, -0.05) is 60.4 Å². The highest BCUT2D eigenvalue weighted by Crippen LogP contribution is 2.38. The Kier molecular flexibility index (Phi) is 6.46. The van der Waals surface area contributed by atoms with Crippen molar-refractivity contribution in [3.63, 3.8) is 0 Å². The minimum Gasteiger partial charge on any atom is -0.342 e. The molecule has 1 aliphatic rings. The van der Waals surface area contributed by atoms with Crippen molar-refractivity contribution in [3.05, 3.63) is 105 Å². The molecule has 0 unspecified atom stereocenters. The molecule has 0 N–H and O–H groups in total. The van der Waals surface area contributed by atoms with E-state index in [1.165, 1.54) is 23.9 Å². The third-order valence-electron chi connectivity index (χ3n) is 5.71. The lowest BCUT2D eigenvalue weighted by atomic mass is 10.1. The van der Waals surface area contributed by atoms with Crippen molar-refractivity contribution in [2.24, 2.45) is 0 Å². The van der Waals surface area contributed by atoms with Gasteiger partial charge in [0, 0.05) is 46.2 Å². The summed E-state index contributed by atoms with van der Waals surface area (Å²) in [6, 6.07) is 22.3. The highest BCUT2D eigenvalue weighted by atomic mass is 32.2. The molecule has 0 aliphatic carbocycles. The van der Waals surface area contributed by atoms with Crippen LogP contribution in [0.2, 0.25) is 0 Å². The predicted octanol–water partition coefficient (Wildman–Crippen LogP) is 6.73. The van der Waals surface area contributed by atoms with Crippen molar-refractivity contribution >= 4 is 74.3 Å². The van der Waals surface area contributed by atoms with Crippen LogP contribution in [0.15, 0.2) is 88.8 Å². The minimum atomic E-state index is -0.402. The van der Waals surface area contributed by atoms with E-state index in [0.717, 1.165) is 32.6 Å². The summed E-state index contributed by atoms with van der Waals surface area (Å²) in [5, 5.41) is 12.0. The fourth-order valence-electron chi connectivity index (χ4n) is 4.02. The number of nitro benzene ring substituents is 1. The topological polar surface area (TPSA) is 68.4 Å². The van der Waals surface area contributed by atoms with Crippen LogP contribution >= 0.6 is 35.7 Å². The van der Waals surface area contributed by atoms with Crippen molar-refractivity contribution in [3.8, 4) is 0 Å². The first kappa shape index (κ1) is 23.3. The number of nitrogens with zero attached hydrogens (tertiary/aromatic N) is 3. The maximum atomic E-state index is 13.3. The molecule has 35 heavy (non-hydrogen) atoms. The Morgan fingerprint density at radius 1 is 1.09 bits per heavy atom. The Hall–Kier alpha value is -3.40. The number of rotatable bonds is 6. The summed E-state index contributed by atoms with van der Waals surface area (Å²) in [6.07, 6.45) is 5.90. The molecule has 4 aromatic rings. The van der Waals surface area contributed by atoms with Gasteiger partial charge in [0.05, 0.1) is 15.5 Å². The Balaban J connectivity index is 1.48. The number of thioether (sulfide) groups is 2. The largest absolute Gasteiger partial charge is 0.342 e. The Bertz CT molecular complexity index is 1510. The van der Waals surface area contributed by atoms with Crippen LogP contribution in [0.25, 0.3) is 17.0 Å². The summed E-state index contributed by atoms with van der Waals surface area (Å²) in [5.41, 5.74) is 3.71. The number of carbonyl (C=O) groups excluding carboxylic acids is 1. The molecular formula is C26H19N3O3S3. The molecule has 1 aromatic heterocycles. The summed E-state index contributed by atoms with van der Waals surface area (Å²) >= 11 is 8.47. The first-order valence-corrected chi connectivity index (χ1v) is 13.1. The monoisotopic (exact) mass is 517 g/mol. The molecule has 1 amide bonds. The number of para-hydroxylation sites is 1. The SMILES string of the molecule is CSc1cccc(N2C(=O)/C(=C/c3cn(Cc4ccc([N+](=O)[O-])cc4)c4ccccc34)SC2=S)c1. The van der Waals surface area contributed by atoms with E-state index < -0.39 is 4.92 Å². The van der Waals surface area contributed by atoms with Crippen LogP contribution in [0.4, 0.5) is 11.4 Å². The molecule has 3 aromatic carbocycles. The summed E-state index contributed by atoms with van der Waals surface area (Å²) in [7, 11) is 0. The number of thiocarbonyl (C=S) groups is 1. The number of hydrogen-bond donors (Lipinski definition) is 0. The molecule has 9 heteroatoms. The molecule has 0 spiro atoms. The van der Waals surface area contributed by atoms with Crippen molar-refractivity contribution in [2.75, 3.05) is 11.2 Å². The Morgan fingerprint density at radius 2 is 1.86 bits per heavy atom. The number of aromatic nitrogens is 1. The summed E-state index contributed by atoms with van der Waals surface area (Å²) in [6.45, 7) is 0.550. The lowest BCUT2D eigenvalue weighted by Crippen LogP contribution is -2.27. The van der Waals surface area contributed by atoms with Crippen LogP contribution in [0, 0.1) is 10.1 Å². The standard InChI is InChI=1S/C26H19N3O3S3/c1-34-21-6-4-5-20(14-21)28-25(30)24(35-26(28)33)13-18-16-27(23-8-3-2-7-22(18)23)15-17-9-11-19(12-10-17)29(31)32/h2-14,16H,15H2,1H3/b24-13-. The number of non-ortho nitro benzene ring substituents is 1. The normalized spacial score (nSPS) is 14.9. The van der Waals surface area contributed by atoms with Gasteiger partial charge in [-0.15, -0.1) is 11.8 Å². The number of fused-ring (bicyclic) bond motifs is 1. The van der Waals surface area contributed by atoms with Gasteiger partial charge >= 0.3 is 0 Å². The molecule has 1 saturated heterocycles. The second kappa shape index (κ2) is 9.69.